The monoisotopic (exact) mass is 352 g/mol. The molecule has 0 radical (unpaired) electrons. The number of unbranched alkanes of at least 4 members (excludes halogenated alkanes) is 1. The number of nitrogens with zero attached hydrogens (tertiary/aromatic N) is 2. The van der Waals surface area contributed by atoms with E-state index in [4.69, 9.17) is 4.74 Å². The summed E-state index contributed by atoms with van der Waals surface area (Å²) in [4.78, 5) is 7.65. The number of thiazole rings is 1. The summed E-state index contributed by atoms with van der Waals surface area (Å²) in [6.45, 7) is 4.68. The SMILES string of the molecule is CCOCCCCNC(=NC)NCCc1nc(C(F)(F)F)cs1. The van der Waals surface area contributed by atoms with Crippen LogP contribution in [0.2, 0.25) is 0 Å². The molecule has 0 aliphatic carbocycles. The Kier molecular flexibility index (Phi) is 8.93. The number of hydrogen-bond donors (Lipinski definition) is 2. The molecule has 0 saturated heterocycles. The third kappa shape index (κ3) is 8.17. The summed E-state index contributed by atoms with van der Waals surface area (Å²) >= 11 is 1.02. The Balaban J connectivity index is 2.21. The molecule has 5 nitrogen and oxygen atoms in total. The first-order valence-electron chi connectivity index (χ1n) is 7.51. The van der Waals surface area contributed by atoms with Gasteiger partial charge in [0.25, 0.3) is 0 Å². The van der Waals surface area contributed by atoms with E-state index in [1.807, 2.05) is 6.92 Å². The Morgan fingerprint density at radius 3 is 2.65 bits per heavy atom. The normalized spacial score (nSPS) is 12.5. The first-order valence-corrected chi connectivity index (χ1v) is 8.39. The molecular weight excluding hydrogens is 329 g/mol. The Morgan fingerprint density at radius 1 is 1.30 bits per heavy atom. The zero-order chi connectivity index (χ0) is 17.1. The fourth-order valence-corrected chi connectivity index (χ4v) is 2.55. The zero-order valence-electron chi connectivity index (χ0n) is 13.4. The lowest BCUT2D eigenvalue weighted by atomic mass is 10.3. The van der Waals surface area contributed by atoms with Gasteiger partial charge in [-0.1, -0.05) is 0 Å². The highest BCUT2D eigenvalue weighted by molar-refractivity contribution is 7.09. The van der Waals surface area contributed by atoms with E-state index < -0.39 is 11.9 Å². The Morgan fingerprint density at radius 2 is 2.04 bits per heavy atom. The maximum absolute atomic E-state index is 12.4. The fraction of sp³-hybridized carbons (Fsp3) is 0.714. The summed E-state index contributed by atoms with van der Waals surface area (Å²) in [5.74, 6) is 0.633. The lowest BCUT2D eigenvalue weighted by Crippen LogP contribution is -2.38. The molecule has 1 aromatic rings. The highest BCUT2D eigenvalue weighted by atomic mass is 32.1. The molecule has 1 rings (SSSR count). The van der Waals surface area contributed by atoms with Gasteiger partial charge < -0.3 is 15.4 Å². The van der Waals surface area contributed by atoms with Crippen LogP contribution in [0.4, 0.5) is 13.2 Å². The van der Waals surface area contributed by atoms with Crippen LogP contribution in [0.25, 0.3) is 0 Å². The summed E-state index contributed by atoms with van der Waals surface area (Å²) in [5.41, 5.74) is -0.825. The number of hydrogen-bond acceptors (Lipinski definition) is 4. The number of aromatic nitrogens is 1. The molecule has 0 fully saturated rings. The largest absolute Gasteiger partial charge is 0.434 e. The lowest BCUT2D eigenvalue weighted by Gasteiger charge is -2.11. The predicted molar refractivity (Wildman–Crippen MR) is 85.9 cm³/mol. The number of ether oxygens (including phenoxy) is 1. The summed E-state index contributed by atoms with van der Waals surface area (Å²) in [5, 5.41) is 7.71. The van der Waals surface area contributed by atoms with Crippen LogP contribution in [0.3, 0.4) is 0 Å². The second-order valence-electron chi connectivity index (χ2n) is 4.70. The van der Waals surface area contributed by atoms with Gasteiger partial charge in [0.05, 0.1) is 5.01 Å². The van der Waals surface area contributed by atoms with Crippen LogP contribution in [-0.2, 0) is 17.3 Å². The van der Waals surface area contributed by atoms with Gasteiger partial charge in [-0.05, 0) is 19.8 Å². The van der Waals surface area contributed by atoms with Gasteiger partial charge in [-0.2, -0.15) is 13.2 Å². The van der Waals surface area contributed by atoms with Gasteiger partial charge in [-0.25, -0.2) is 4.98 Å². The second kappa shape index (κ2) is 10.4. The minimum atomic E-state index is -4.37. The Hall–Kier alpha value is -1.35. The minimum Gasteiger partial charge on any atom is -0.382 e. The summed E-state index contributed by atoms with van der Waals surface area (Å²) < 4.78 is 42.6. The van der Waals surface area contributed by atoms with Gasteiger partial charge in [0, 0.05) is 45.2 Å². The number of rotatable bonds is 9. The maximum Gasteiger partial charge on any atom is 0.434 e. The highest BCUT2D eigenvalue weighted by Gasteiger charge is 2.33. The number of alkyl halides is 3. The van der Waals surface area contributed by atoms with Gasteiger partial charge in [-0.3, -0.25) is 4.99 Å². The van der Waals surface area contributed by atoms with Crippen LogP contribution < -0.4 is 10.6 Å². The van der Waals surface area contributed by atoms with Gasteiger partial charge in [-0.15, -0.1) is 11.3 Å². The summed E-state index contributed by atoms with van der Waals surface area (Å²) in [6.07, 6.45) is -2.02. The fourth-order valence-electron chi connectivity index (χ4n) is 1.74. The van der Waals surface area contributed by atoms with Crippen LogP contribution >= 0.6 is 11.3 Å². The topological polar surface area (TPSA) is 58.5 Å². The van der Waals surface area contributed by atoms with Crippen LogP contribution in [0.1, 0.15) is 30.5 Å². The van der Waals surface area contributed by atoms with Crippen LogP contribution in [0, 0.1) is 0 Å². The second-order valence-corrected chi connectivity index (χ2v) is 5.65. The van der Waals surface area contributed by atoms with E-state index in [-0.39, 0.29) is 0 Å². The number of halogens is 3. The molecule has 0 aromatic carbocycles. The van der Waals surface area contributed by atoms with Crippen molar-refractivity contribution < 1.29 is 17.9 Å². The summed E-state index contributed by atoms with van der Waals surface area (Å²) in [6, 6.07) is 0. The van der Waals surface area contributed by atoms with E-state index in [2.05, 4.69) is 20.6 Å². The third-order valence-corrected chi connectivity index (χ3v) is 3.82. The predicted octanol–water partition coefficient (Wildman–Crippen LogP) is 2.69. The van der Waals surface area contributed by atoms with Crippen LogP contribution in [-0.4, -0.2) is 44.3 Å². The van der Waals surface area contributed by atoms with E-state index in [9.17, 15) is 13.2 Å². The zero-order valence-corrected chi connectivity index (χ0v) is 14.2. The van der Waals surface area contributed by atoms with Gasteiger partial charge >= 0.3 is 6.18 Å². The molecular formula is C14H23F3N4OS. The molecule has 1 heterocycles. The van der Waals surface area contributed by atoms with Crippen molar-refractivity contribution in [3.05, 3.63) is 16.1 Å². The van der Waals surface area contributed by atoms with Crippen molar-refractivity contribution in [3.8, 4) is 0 Å². The van der Waals surface area contributed by atoms with Crippen molar-refractivity contribution in [2.24, 2.45) is 4.99 Å². The number of guanidine groups is 1. The van der Waals surface area contributed by atoms with Gasteiger partial charge in [0.15, 0.2) is 11.7 Å². The lowest BCUT2D eigenvalue weighted by molar-refractivity contribution is -0.140. The van der Waals surface area contributed by atoms with Crippen LogP contribution in [0.5, 0.6) is 0 Å². The van der Waals surface area contributed by atoms with E-state index in [1.165, 1.54) is 0 Å². The van der Waals surface area contributed by atoms with Crippen molar-refractivity contribution in [1.29, 1.82) is 0 Å². The molecule has 0 aliphatic rings. The van der Waals surface area contributed by atoms with Crippen molar-refractivity contribution in [3.63, 3.8) is 0 Å². The average Bonchev–Trinajstić information content (AvgIpc) is 2.98. The van der Waals surface area contributed by atoms with Crippen molar-refractivity contribution >= 4 is 17.3 Å². The number of aliphatic imine (C=N–C) groups is 1. The van der Waals surface area contributed by atoms with Crippen molar-refractivity contribution in [2.45, 2.75) is 32.4 Å². The first kappa shape index (κ1) is 19.7. The maximum atomic E-state index is 12.4. The van der Waals surface area contributed by atoms with Gasteiger partial charge in [0.1, 0.15) is 0 Å². The van der Waals surface area contributed by atoms with Crippen LogP contribution in [0.15, 0.2) is 10.4 Å². The Bertz CT molecular complexity index is 477. The van der Waals surface area contributed by atoms with E-state index in [0.29, 0.717) is 23.9 Å². The quantitative estimate of drug-likeness (QED) is 0.408. The van der Waals surface area contributed by atoms with Crippen molar-refractivity contribution in [1.82, 2.24) is 15.6 Å². The van der Waals surface area contributed by atoms with Crippen molar-refractivity contribution in [2.75, 3.05) is 33.4 Å². The minimum absolute atomic E-state index is 0.422. The molecule has 2 N–H and O–H groups in total. The smallest absolute Gasteiger partial charge is 0.382 e. The molecule has 0 bridgehead atoms. The number of nitrogens with one attached hydrogen (secondary N) is 2. The molecule has 0 amide bonds. The molecule has 1 aromatic heterocycles. The molecule has 132 valence electrons. The molecule has 0 unspecified atom stereocenters. The standard InChI is InChI=1S/C14H23F3N4OS/c1-3-22-9-5-4-7-19-13(18-2)20-8-6-12-21-11(10-23-12)14(15,16)17/h10H,3-9H2,1-2H3,(H2,18,19,20). The molecule has 0 saturated carbocycles. The average molecular weight is 352 g/mol. The van der Waals surface area contributed by atoms with E-state index >= 15 is 0 Å². The third-order valence-electron chi connectivity index (χ3n) is 2.91. The highest BCUT2D eigenvalue weighted by Crippen LogP contribution is 2.29. The first-order chi connectivity index (χ1) is 11.0. The molecule has 9 heteroatoms. The molecule has 0 aliphatic heterocycles. The summed E-state index contributed by atoms with van der Waals surface area (Å²) in [7, 11) is 1.65. The molecule has 0 atom stereocenters. The van der Waals surface area contributed by atoms with E-state index in [0.717, 1.165) is 49.3 Å². The molecule has 0 spiro atoms. The van der Waals surface area contributed by atoms with E-state index in [1.54, 1.807) is 7.05 Å². The molecule has 23 heavy (non-hydrogen) atoms. The Labute approximate surface area is 138 Å². The van der Waals surface area contributed by atoms with Gasteiger partial charge in [0.2, 0.25) is 0 Å².